The minimum absolute atomic E-state index is 0.0476. The van der Waals surface area contributed by atoms with Gasteiger partial charge in [0.25, 0.3) is 0 Å². The van der Waals surface area contributed by atoms with Crippen LogP contribution in [0.25, 0.3) is 0 Å². The zero-order chi connectivity index (χ0) is 18.2. The van der Waals surface area contributed by atoms with Crippen molar-refractivity contribution in [1.29, 1.82) is 0 Å². The Bertz CT molecular complexity index is 749. The first-order chi connectivity index (χ1) is 12.0. The average Bonchev–Trinajstić information content (AvgIpc) is 2.60. The zero-order valence-electron chi connectivity index (χ0n) is 13.4. The van der Waals surface area contributed by atoms with Gasteiger partial charge in [0, 0.05) is 10.6 Å². The number of carbonyl (C=O) groups excluding carboxylic acids is 1. The van der Waals surface area contributed by atoms with Crippen molar-refractivity contribution in [3.05, 3.63) is 66.0 Å². The van der Waals surface area contributed by atoms with E-state index in [1.165, 1.54) is 24.3 Å². The quantitative estimate of drug-likeness (QED) is 0.753. The molecule has 7 heteroatoms. The maximum atomic E-state index is 12.8. The van der Waals surface area contributed by atoms with Crippen molar-refractivity contribution in [3.8, 4) is 0 Å². The van der Waals surface area contributed by atoms with Gasteiger partial charge in [-0.15, -0.1) is 0 Å². The second-order valence-corrected chi connectivity index (χ2v) is 6.98. The van der Waals surface area contributed by atoms with E-state index in [-0.39, 0.29) is 18.6 Å². The van der Waals surface area contributed by atoms with Gasteiger partial charge in [-0.25, -0.2) is 9.18 Å². The van der Waals surface area contributed by atoms with Crippen LogP contribution < -0.4 is 5.32 Å². The minimum atomic E-state index is -1.33. The van der Waals surface area contributed by atoms with E-state index in [4.69, 9.17) is 0 Å². The maximum Gasteiger partial charge on any atom is 0.326 e. The number of hydrogen-bond donors (Lipinski definition) is 2. The summed E-state index contributed by atoms with van der Waals surface area (Å²) in [6, 6.07) is 13.0. The van der Waals surface area contributed by atoms with Crippen molar-refractivity contribution >= 4 is 22.7 Å². The van der Waals surface area contributed by atoms with Gasteiger partial charge >= 0.3 is 5.97 Å². The predicted octanol–water partition coefficient (Wildman–Crippen LogP) is 2.14. The molecule has 0 aliphatic rings. The van der Waals surface area contributed by atoms with Crippen LogP contribution in [-0.2, 0) is 26.8 Å². The summed E-state index contributed by atoms with van der Waals surface area (Å²) in [5.74, 6) is -1.95. The summed E-state index contributed by atoms with van der Waals surface area (Å²) in [5.41, 5.74) is 0.580. The molecule has 2 N–H and O–H groups in total. The molecule has 25 heavy (non-hydrogen) atoms. The number of rotatable bonds is 8. The minimum Gasteiger partial charge on any atom is -0.480 e. The molecule has 0 radical (unpaired) electrons. The van der Waals surface area contributed by atoms with Gasteiger partial charge in [0.1, 0.15) is 11.9 Å². The van der Waals surface area contributed by atoms with Crippen LogP contribution in [0.1, 0.15) is 12.0 Å². The molecule has 132 valence electrons. The van der Waals surface area contributed by atoms with Gasteiger partial charge in [0.15, 0.2) is 0 Å². The van der Waals surface area contributed by atoms with Crippen LogP contribution in [0, 0.1) is 5.82 Å². The normalized spacial score (nSPS) is 13.0. The third kappa shape index (κ3) is 6.11. The fourth-order valence-corrected chi connectivity index (χ4v) is 3.35. The number of aliphatic carboxylic acids is 1. The third-order valence-corrected chi connectivity index (χ3v) is 4.91. The number of carboxylic acids is 1. The number of carboxylic acid groups (broad SMARTS) is 1. The Labute approximate surface area is 147 Å². The van der Waals surface area contributed by atoms with Crippen LogP contribution >= 0.6 is 0 Å². The van der Waals surface area contributed by atoms with Crippen molar-refractivity contribution in [2.24, 2.45) is 0 Å². The fourth-order valence-electron chi connectivity index (χ4n) is 2.21. The van der Waals surface area contributed by atoms with E-state index in [1.807, 2.05) is 0 Å². The predicted molar refractivity (Wildman–Crippen MR) is 92.0 cm³/mol. The summed E-state index contributed by atoms with van der Waals surface area (Å²) in [5, 5.41) is 11.7. The molecule has 0 saturated carbocycles. The summed E-state index contributed by atoms with van der Waals surface area (Å²) < 4.78 is 25.0. The summed E-state index contributed by atoms with van der Waals surface area (Å²) in [7, 11) is -1.33. The average molecular weight is 363 g/mol. The Morgan fingerprint density at radius 1 is 1.08 bits per heavy atom. The lowest BCUT2D eigenvalue weighted by molar-refractivity contribution is -0.141. The highest BCUT2D eigenvalue weighted by Crippen LogP contribution is 2.09. The first kappa shape index (κ1) is 18.8. The second kappa shape index (κ2) is 9.08. The van der Waals surface area contributed by atoms with Gasteiger partial charge in [0.05, 0.1) is 17.2 Å². The molecule has 0 aromatic heterocycles. The molecule has 2 rings (SSSR count). The van der Waals surface area contributed by atoms with Crippen LogP contribution in [0.5, 0.6) is 0 Å². The highest BCUT2D eigenvalue weighted by Gasteiger charge is 2.21. The molecule has 0 aliphatic heterocycles. The lowest BCUT2D eigenvalue weighted by atomic mass is 10.1. The molecule has 2 atom stereocenters. The number of halogens is 1. The second-order valence-electron chi connectivity index (χ2n) is 5.41. The van der Waals surface area contributed by atoms with Crippen molar-refractivity contribution in [2.45, 2.75) is 23.8 Å². The van der Waals surface area contributed by atoms with E-state index in [9.17, 15) is 23.3 Å². The molecule has 0 spiro atoms. The summed E-state index contributed by atoms with van der Waals surface area (Å²) in [6.45, 7) is 0. The molecule has 0 aliphatic carbocycles. The molecule has 0 fully saturated rings. The van der Waals surface area contributed by atoms with E-state index in [1.54, 1.807) is 30.3 Å². The summed E-state index contributed by atoms with van der Waals surface area (Å²) in [4.78, 5) is 23.9. The Morgan fingerprint density at radius 3 is 2.32 bits per heavy atom. The highest BCUT2D eigenvalue weighted by atomic mass is 32.2. The number of nitrogens with one attached hydrogen (secondary N) is 1. The van der Waals surface area contributed by atoms with E-state index in [2.05, 4.69) is 5.32 Å². The first-order valence-electron chi connectivity index (χ1n) is 7.66. The lowest BCUT2D eigenvalue weighted by Crippen LogP contribution is -2.42. The number of benzene rings is 2. The molecule has 2 aromatic rings. The Morgan fingerprint density at radius 2 is 1.72 bits per heavy atom. The van der Waals surface area contributed by atoms with Gasteiger partial charge < -0.3 is 10.4 Å². The topological polar surface area (TPSA) is 83.5 Å². The molecule has 0 heterocycles. The molecule has 0 unspecified atom stereocenters. The van der Waals surface area contributed by atoms with Gasteiger partial charge in [0.2, 0.25) is 5.91 Å². The van der Waals surface area contributed by atoms with Crippen LogP contribution in [-0.4, -0.2) is 33.0 Å². The lowest BCUT2D eigenvalue weighted by Gasteiger charge is -2.14. The van der Waals surface area contributed by atoms with Crippen LogP contribution in [0.15, 0.2) is 59.5 Å². The molecule has 1 amide bonds. The van der Waals surface area contributed by atoms with Crippen molar-refractivity contribution in [1.82, 2.24) is 5.32 Å². The maximum absolute atomic E-state index is 12.8. The van der Waals surface area contributed by atoms with E-state index < -0.39 is 34.5 Å². The summed E-state index contributed by atoms with van der Waals surface area (Å²) in [6.07, 6.45) is -0.00215. The third-order valence-electron chi connectivity index (χ3n) is 3.51. The van der Waals surface area contributed by atoms with Gasteiger partial charge in [-0.2, -0.15) is 0 Å². The van der Waals surface area contributed by atoms with Crippen molar-refractivity contribution in [2.75, 3.05) is 5.75 Å². The molecular weight excluding hydrogens is 345 g/mol. The highest BCUT2D eigenvalue weighted by molar-refractivity contribution is 7.85. The number of hydrogen-bond acceptors (Lipinski definition) is 3. The Hall–Kier alpha value is -2.54. The zero-order valence-corrected chi connectivity index (χ0v) is 14.2. The fraction of sp³-hybridized carbons (Fsp3) is 0.222. The van der Waals surface area contributed by atoms with Crippen molar-refractivity contribution in [3.63, 3.8) is 0 Å². The van der Waals surface area contributed by atoms with E-state index in [0.29, 0.717) is 10.5 Å². The van der Waals surface area contributed by atoms with Gasteiger partial charge in [-0.05, 0) is 36.2 Å². The molecule has 5 nitrogen and oxygen atoms in total. The molecule has 2 aromatic carbocycles. The SMILES string of the molecule is O=C(Cc1ccc(F)cc1)N[C@@H](CC[S@](=O)c1ccccc1)C(=O)O. The standard InChI is InChI=1S/C18H18FNO4S/c19-14-8-6-13(7-9-14)12-17(21)20-16(18(22)23)10-11-25(24)15-4-2-1-3-5-15/h1-9,16H,10-12H2,(H,20,21)(H,22,23)/t16-,25-/m0/s1. The van der Waals surface area contributed by atoms with Gasteiger partial charge in [-0.3, -0.25) is 9.00 Å². The van der Waals surface area contributed by atoms with E-state index >= 15 is 0 Å². The number of carbonyl (C=O) groups is 2. The molecular formula is C18H18FNO4S. The Balaban J connectivity index is 1.89. The van der Waals surface area contributed by atoms with E-state index in [0.717, 1.165) is 0 Å². The number of amides is 1. The van der Waals surface area contributed by atoms with Gasteiger partial charge in [-0.1, -0.05) is 30.3 Å². The molecule has 0 saturated heterocycles. The largest absolute Gasteiger partial charge is 0.480 e. The monoisotopic (exact) mass is 363 g/mol. The van der Waals surface area contributed by atoms with Crippen LogP contribution in [0.4, 0.5) is 4.39 Å². The molecule has 0 bridgehead atoms. The van der Waals surface area contributed by atoms with Crippen LogP contribution in [0.3, 0.4) is 0 Å². The van der Waals surface area contributed by atoms with Crippen LogP contribution in [0.2, 0.25) is 0 Å². The summed E-state index contributed by atoms with van der Waals surface area (Å²) >= 11 is 0. The van der Waals surface area contributed by atoms with Crippen molar-refractivity contribution < 1.29 is 23.3 Å². The Kier molecular flexibility index (Phi) is 6.82. The first-order valence-corrected chi connectivity index (χ1v) is 8.97. The smallest absolute Gasteiger partial charge is 0.326 e.